The number of hydrogen-bond acceptors (Lipinski definition) is 4. The van der Waals surface area contributed by atoms with E-state index >= 15 is 0 Å². The number of benzene rings is 1. The van der Waals surface area contributed by atoms with Gasteiger partial charge >= 0.3 is 7.12 Å². The number of rotatable bonds is 3. The normalized spacial score (nSPS) is 20.8. The molecule has 0 spiro atoms. The summed E-state index contributed by atoms with van der Waals surface area (Å²) >= 11 is 0. The molecule has 1 aromatic carbocycles. The number of nitrogens with one attached hydrogen (secondary N) is 1. The average Bonchev–Trinajstić information content (AvgIpc) is 2.95. The Balaban J connectivity index is 1.95. The minimum Gasteiger partial charge on any atom is -0.400 e. The Bertz CT molecular complexity index is 705. The summed E-state index contributed by atoms with van der Waals surface area (Å²) in [5, 5.41) is 8.41. The third-order valence-electron chi connectivity index (χ3n) is 4.61. The van der Waals surface area contributed by atoms with E-state index in [1.54, 1.807) is 0 Å². The first-order valence-corrected chi connectivity index (χ1v) is 7.53. The maximum atomic E-state index is 6.07. The first kappa shape index (κ1) is 15.3. The van der Waals surface area contributed by atoms with Gasteiger partial charge in [0.25, 0.3) is 0 Å². The average molecular weight is 299 g/mol. The molecule has 0 radical (unpaired) electrons. The number of fused-ring (bicyclic) bond motifs is 1. The SMILES string of the molecule is CC1(C)OB(C(=Cc2[nH]nc3ccccc23)CN)OC1(C)C. The van der Waals surface area contributed by atoms with Crippen LogP contribution in [0, 0.1) is 0 Å². The van der Waals surface area contributed by atoms with Crippen LogP contribution in [-0.2, 0) is 9.31 Å². The molecule has 5 nitrogen and oxygen atoms in total. The van der Waals surface area contributed by atoms with Crippen molar-refractivity contribution >= 4 is 24.1 Å². The van der Waals surface area contributed by atoms with Crippen molar-refractivity contribution in [1.82, 2.24) is 10.2 Å². The second-order valence-electron chi connectivity index (χ2n) is 6.67. The molecule has 1 aliphatic heterocycles. The van der Waals surface area contributed by atoms with Gasteiger partial charge in [-0.1, -0.05) is 18.2 Å². The van der Waals surface area contributed by atoms with Gasteiger partial charge in [-0.15, -0.1) is 0 Å². The summed E-state index contributed by atoms with van der Waals surface area (Å²) in [6.45, 7) is 8.50. The van der Waals surface area contributed by atoms with Gasteiger partial charge in [0, 0.05) is 11.9 Å². The molecular weight excluding hydrogens is 277 g/mol. The molecule has 0 saturated carbocycles. The summed E-state index contributed by atoms with van der Waals surface area (Å²) in [4.78, 5) is 0. The summed E-state index contributed by atoms with van der Waals surface area (Å²) in [6, 6.07) is 7.96. The molecule has 0 aliphatic carbocycles. The molecule has 1 fully saturated rings. The quantitative estimate of drug-likeness (QED) is 0.854. The zero-order valence-electron chi connectivity index (χ0n) is 13.5. The standard InChI is InChI=1S/C16H22BN3O2/c1-15(2)16(3,4)22-17(21-15)11(10-18)9-14-12-7-5-6-8-13(12)19-20-14/h5-9H,10,18H2,1-4H3,(H,19,20). The summed E-state index contributed by atoms with van der Waals surface area (Å²) < 4.78 is 12.1. The highest BCUT2D eigenvalue weighted by Gasteiger charge is 2.52. The lowest BCUT2D eigenvalue weighted by Gasteiger charge is -2.32. The van der Waals surface area contributed by atoms with Crippen LogP contribution in [0.25, 0.3) is 17.0 Å². The molecule has 1 aromatic heterocycles. The van der Waals surface area contributed by atoms with Crippen LogP contribution in [0.15, 0.2) is 29.7 Å². The Kier molecular flexibility index (Phi) is 3.63. The number of para-hydroxylation sites is 1. The molecule has 1 saturated heterocycles. The van der Waals surface area contributed by atoms with Crippen LogP contribution >= 0.6 is 0 Å². The summed E-state index contributed by atoms with van der Waals surface area (Å²) in [5.41, 5.74) is 7.93. The largest absolute Gasteiger partial charge is 0.491 e. The fourth-order valence-corrected chi connectivity index (χ4v) is 2.49. The van der Waals surface area contributed by atoms with Gasteiger partial charge in [0.2, 0.25) is 0 Å². The van der Waals surface area contributed by atoms with Gasteiger partial charge in [0.1, 0.15) is 0 Å². The van der Waals surface area contributed by atoms with Gasteiger partial charge in [-0.25, -0.2) is 0 Å². The first-order chi connectivity index (χ1) is 10.3. The third-order valence-corrected chi connectivity index (χ3v) is 4.61. The van der Waals surface area contributed by atoms with Crippen molar-refractivity contribution < 1.29 is 9.31 Å². The number of hydrogen-bond donors (Lipinski definition) is 2. The summed E-state index contributed by atoms with van der Waals surface area (Å²) in [6.07, 6.45) is 1.98. The molecule has 2 heterocycles. The van der Waals surface area contributed by atoms with E-state index in [1.807, 2.05) is 58.0 Å². The van der Waals surface area contributed by atoms with Gasteiger partial charge in [-0.05, 0) is 45.3 Å². The van der Waals surface area contributed by atoms with E-state index in [0.717, 1.165) is 22.1 Å². The highest BCUT2D eigenvalue weighted by molar-refractivity contribution is 6.56. The van der Waals surface area contributed by atoms with Crippen LogP contribution in [0.1, 0.15) is 33.4 Å². The van der Waals surface area contributed by atoms with Gasteiger partial charge in [0.15, 0.2) is 0 Å². The van der Waals surface area contributed by atoms with Crippen molar-refractivity contribution in [3.63, 3.8) is 0 Å². The van der Waals surface area contributed by atoms with Crippen molar-refractivity contribution in [2.75, 3.05) is 6.54 Å². The number of nitrogens with zero attached hydrogens (tertiary/aromatic N) is 1. The molecule has 22 heavy (non-hydrogen) atoms. The third kappa shape index (κ3) is 2.47. The summed E-state index contributed by atoms with van der Waals surface area (Å²) in [5.74, 6) is 0. The Morgan fingerprint density at radius 3 is 2.50 bits per heavy atom. The van der Waals surface area contributed by atoms with Crippen molar-refractivity contribution in [3.05, 3.63) is 35.4 Å². The number of nitrogens with two attached hydrogens (primary N) is 1. The van der Waals surface area contributed by atoms with Gasteiger partial charge in [0.05, 0.1) is 22.4 Å². The fourth-order valence-electron chi connectivity index (χ4n) is 2.49. The van der Waals surface area contributed by atoms with Crippen LogP contribution < -0.4 is 5.73 Å². The van der Waals surface area contributed by atoms with Crippen LogP contribution in [-0.4, -0.2) is 35.1 Å². The maximum Gasteiger partial charge on any atom is 0.491 e. The van der Waals surface area contributed by atoms with Crippen LogP contribution in [0.2, 0.25) is 0 Å². The number of aromatic nitrogens is 2. The highest BCUT2D eigenvalue weighted by Crippen LogP contribution is 2.38. The van der Waals surface area contributed by atoms with E-state index < -0.39 is 7.12 Å². The first-order valence-electron chi connectivity index (χ1n) is 7.53. The number of aromatic amines is 1. The lowest BCUT2D eigenvalue weighted by atomic mass is 9.77. The van der Waals surface area contributed by atoms with E-state index in [2.05, 4.69) is 10.2 Å². The molecule has 3 N–H and O–H groups in total. The zero-order valence-corrected chi connectivity index (χ0v) is 13.5. The Labute approximate surface area is 131 Å². The van der Waals surface area contributed by atoms with Gasteiger partial charge in [-0.2, -0.15) is 5.10 Å². The second-order valence-corrected chi connectivity index (χ2v) is 6.67. The molecule has 0 bridgehead atoms. The monoisotopic (exact) mass is 299 g/mol. The molecular formula is C16H22BN3O2. The molecule has 0 amide bonds. The van der Waals surface area contributed by atoms with Crippen LogP contribution in [0.3, 0.4) is 0 Å². The Morgan fingerprint density at radius 2 is 1.86 bits per heavy atom. The molecule has 1 aliphatic rings. The second kappa shape index (κ2) is 5.23. The van der Waals surface area contributed by atoms with E-state index in [1.165, 1.54) is 0 Å². The molecule has 0 atom stereocenters. The molecule has 2 aromatic rings. The molecule has 3 rings (SSSR count). The lowest BCUT2D eigenvalue weighted by molar-refractivity contribution is 0.00578. The maximum absolute atomic E-state index is 6.07. The predicted octanol–water partition coefficient (Wildman–Crippen LogP) is 2.54. The molecule has 116 valence electrons. The minimum atomic E-state index is -0.433. The molecule has 0 unspecified atom stereocenters. The van der Waals surface area contributed by atoms with E-state index in [-0.39, 0.29) is 11.2 Å². The van der Waals surface area contributed by atoms with Crippen molar-refractivity contribution in [2.45, 2.75) is 38.9 Å². The zero-order chi connectivity index (χ0) is 16.0. The van der Waals surface area contributed by atoms with E-state index in [4.69, 9.17) is 15.0 Å². The highest BCUT2D eigenvalue weighted by atomic mass is 16.7. The van der Waals surface area contributed by atoms with Crippen molar-refractivity contribution in [3.8, 4) is 0 Å². The lowest BCUT2D eigenvalue weighted by Crippen LogP contribution is -2.41. The Morgan fingerprint density at radius 1 is 1.23 bits per heavy atom. The topological polar surface area (TPSA) is 73.2 Å². The number of H-pyrrole nitrogens is 1. The summed E-state index contributed by atoms with van der Waals surface area (Å²) in [7, 11) is -0.433. The fraction of sp³-hybridized carbons (Fsp3) is 0.438. The van der Waals surface area contributed by atoms with Gasteiger partial charge < -0.3 is 15.0 Å². The van der Waals surface area contributed by atoms with Crippen molar-refractivity contribution in [1.29, 1.82) is 0 Å². The van der Waals surface area contributed by atoms with E-state index in [0.29, 0.717) is 6.54 Å². The molecule has 6 heteroatoms. The van der Waals surface area contributed by atoms with E-state index in [9.17, 15) is 0 Å². The Hall–Kier alpha value is -1.63. The predicted molar refractivity (Wildman–Crippen MR) is 89.2 cm³/mol. The van der Waals surface area contributed by atoms with Crippen molar-refractivity contribution in [2.24, 2.45) is 5.73 Å². The smallest absolute Gasteiger partial charge is 0.400 e. The van der Waals surface area contributed by atoms with Crippen LogP contribution in [0.4, 0.5) is 0 Å². The minimum absolute atomic E-state index is 0.365. The van der Waals surface area contributed by atoms with Gasteiger partial charge in [-0.3, -0.25) is 5.10 Å². The van der Waals surface area contributed by atoms with Crippen LogP contribution in [0.5, 0.6) is 0 Å².